The van der Waals surface area contributed by atoms with Crippen molar-refractivity contribution in [2.75, 3.05) is 40.5 Å². The number of halogens is 2. The van der Waals surface area contributed by atoms with Gasteiger partial charge in [-0.3, -0.25) is 9.69 Å². The summed E-state index contributed by atoms with van der Waals surface area (Å²) in [6.07, 6.45) is 2.49. The average Bonchev–Trinajstić information content (AvgIpc) is 3.34. The summed E-state index contributed by atoms with van der Waals surface area (Å²) < 4.78 is 18.9. The van der Waals surface area contributed by atoms with Crippen LogP contribution in [0, 0.1) is 11.8 Å². The Bertz CT molecular complexity index is 1450. The molecule has 1 aliphatic rings. The van der Waals surface area contributed by atoms with Gasteiger partial charge in [0, 0.05) is 47.5 Å². The Labute approximate surface area is 264 Å². The van der Waals surface area contributed by atoms with Crippen LogP contribution in [0.1, 0.15) is 61.6 Å². The van der Waals surface area contributed by atoms with Crippen LogP contribution in [0.2, 0.25) is 10.0 Å². The van der Waals surface area contributed by atoms with E-state index in [9.17, 15) is 4.79 Å². The van der Waals surface area contributed by atoms with Gasteiger partial charge in [-0.25, -0.2) is 4.68 Å². The summed E-state index contributed by atoms with van der Waals surface area (Å²) in [5, 5.41) is 8.94. The molecule has 0 bridgehead atoms. The fourth-order valence-electron chi connectivity index (χ4n) is 4.63. The zero-order valence-electron chi connectivity index (χ0n) is 25.5. The van der Waals surface area contributed by atoms with E-state index in [1.165, 1.54) is 0 Å². The van der Waals surface area contributed by atoms with E-state index >= 15 is 0 Å². The van der Waals surface area contributed by atoms with Gasteiger partial charge in [-0.05, 0) is 77.4 Å². The van der Waals surface area contributed by atoms with E-state index in [1.54, 1.807) is 11.8 Å². The first-order valence-electron chi connectivity index (χ1n) is 14.5. The second kappa shape index (κ2) is 15.2. The molecule has 4 rings (SSSR count). The molecule has 1 N–H and O–H groups in total. The molecular formula is C33H40Cl2N4O4. The third-order valence-electron chi connectivity index (χ3n) is 6.79. The largest absolute Gasteiger partial charge is 0.383 e. The fraction of sp³-hybridized carbons (Fsp3) is 0.455. The number of hydrogen-bond acceptors (Lipinski definition) is 6. The first kappa shape index (κ1) is 33.0. The van der Waals surface area contributed by atoms with Crippen molar-refractivity contribution in [3.63, 3.8) is 0 Å². The molecule has 0 aliphatic carbocycles. The molecule has 1 fully saturated rings. The molecule has 1 aliphatic heterocycles. The molecular weight excluding hydrogens is 587 g/mol. The molecule has 230 valence electrons. The third-order valence-corrected chi connectivity index (χ3v) is 7.35. The molecule has 10 heteroatoms. The van der Waals surface area contributed by atoms with Gasteiger partial charge in [-0.1, -0.05) is 47.2 Å². The lowest BCUT2D eigenvalue weighted by atomic mass is 10.0. The maximum atomic E-state index is 13.6. The number of nitrogens with one attached hydrogen (secondary N) is 1. The number of hydrogen-bond donors (Lipinski definition) is 1. The van der Waals surface area contributed by atoms with E-state index < -0.39 is 5.54 Å². The summed E-state index contributed by atoms with van der Waals surface area (Å²) >= 11 is 13.1. The van der Waals surface area contributed by atoms with E-state index in [-0.39, 0.29) is 24.5 Å². The average molecular weight is 628 g/mol. The van der Waals surface area contributed by atoms with Crippen molar-refractivity contribution >= 4 is 29.1 Å². The van der Waals surface area contributed by atoms with Crippen LogP contribution in [0.5, 0.6) is 0 Å². The van der Waals surface area contributed by atoms with Gasteiger partial charge in [-0.15, -0.1) is 0 Å². The minimum atomic E-state index is -0.471. The lowest BCUT2D eigenvalue weighted by Gasteiger charge is -2.23. The number of carbonyl (C=O) groups is 1. The maximum absolute atomic E-state index is 13.6. The smallest absolute Gasteiger partial charge is 0.272 e. The lowest BCUT2D eigenvalue weighted by molar-refractivity contribution is -0.168. The van der Waals surface area contributed by atoms with E-state index in [0.717, 1.165) is 36.9 Å². The van der Waals surface area contributed by atoms with Gasteiger partial charge in [0.05, 0.1) is 36.2 Å². The quantitative estimate of drug-likeness (QED) is 0.264. The summed E-state index contributed by atoms with van der Waals surface area (Å²) in [4.78, 5) is 15.7. The number of benzene rings is 2. The second-order valence-electron chi connectivity index (χ2n) is 11.6. The molecule has 1 unspecified atom stereocenters. The number of rotatable bonds is 10. The third kappa shape index (κ3) is 9.29. The zero-order chi connectivity index (χ0) is 31.0. The van der Waals surface area contributed by atoms with E-state index in [1.807, 2.05) is 70.3 Å². The number of methoxy groups -OCH3 is 1. The van der Waals surface area contributed by atoms with Crippen LogP contribution in [0.25, 0.3) is 16.9 Å². The van der Waals surface area contributed by atoms with E-state index in [4.69, 9.17) is 42.5 Å². The molecule has 2 aromatic carbocycles. The van der Waals surface area contributed by atoms with Crippen LogP contribution in [-0.4, -0.2) is 72.9 Å². The predicted octanol–water partition coefficient (Wildman–Crippen LogP) is 6.35. The number of carbonyl (C=O) groups excluding carboxylic acids is 1. The van der Waals surface area contributed by atoms with Gasteiger partial charge in [0.2, 0.25) is 0 Å². The van der Waals surface area contributed by atoms with Crippen LogP contribution in [-0.2, 0) is 20.8 Å². The minimum Gasteiger partial charge on any atom is -0.383 e. The first-order valence-corrected chi connectivity index (χ1v) is 15.2. The van der Waals surface area contributed by atoms with E-state index in [2.05, 4.69) is 22.1 Å². The van der Waals surface area contributed by atoms with Crippen molar-refractivity contribution in [1.29, 1.82) is 0 Å². The highest BCUT2D eigenvalue weighted by atomic mass is 35.5. The highest BCUT2D eigenvalue weighted by molar-refractivity contribution is 6.32. The Morgan fingerprint density at radius 3 is 2.60 bits per heavy atom. The first-order chi connectivity index (χ1) is 20.6. The predicted molar refractivity (Wildman–Crippen MR) is 171 cm³/mol. The topological polar surface area (TPSA) is 77.9 Å². The normalized spacial score (nSPS) is 15.3. The molecule has 3 aromatic rings. The number of aromatic nitrogens is 2. The molecule has 2 heterocycles. The van der Waals surface area contributed by atoms with Gasteiger partial charge < -0.3 is 19.5 Å². The number of nitrogens with zero attached hydrogens (tertiary/aromatic N) is 3. The van der Waals surface area contributed by atoms with Crippen molar-refractivity contribution in [3.05, 3.63) is 69.3 Å². The van der Waals surface area contributed by atoms with Crippen LogP contribution in [0.15, 0.2) is 42.5 Å². The van der Waals surface area contributed by atoms with E-state index in [0.29, 0.717) is 46.7 Å². The van der Waals surface area contributed by atoms with Crippen molar-refractivity contribution < 1.29 is 19.0 Å². The minimum absolute atomic E-state index is 0.132. The Hall–Kier alpha value is -2.90. The van der Waals surface area contributed by atoms with Crippen LogP contribution in [0.4, 0.5) is 0 Å². The van der Waals surface area contributed by atoms with Gasteiger partial charge in [0.1, 0.15) is 0 Å². The van der Waals surface area contributed by atoms with Crippen LogP contribution < -0.4 is 5.32 Å². The van der Waals surface area contributed by atoms with Crippen LogP contribution >= 0.6 is 23.2 Å². The monoisotopic (exact) mass is 626 g/mol. The number of likely N-dealkylation sites (N-methyl/N-ethyl adjacent to an activating group) is 1. The second-order valence-corrected chi connectivity index (χ2v) is 12.4. The van der Waals surface area contributed by atoms with Gasteiger partial charge in [-0.2, -0.15) is 5.10 Å². The Morgan fingerprint density at radius 2 is 1.95 bits per heavy atom. The molecule has 1 aromatic heterocycles. The van der Waals surface area contributed by atoms with Gasteiger partial charge in [0.25, 0.3) is 5.91 Å². The van der Waals surface area contributed by atoms with Gasteiger partial charge >= 0.3 is 0 Å². The maximum Gasteiger partial charge on any atom is 0.272 e. The fourth-order valence-corrected chi connectivity index (χ4v) is 5.01. The molecule has 1 atom stereocenters. The summed E-state index contributed by atoms with van der Waals surface area (Å²) in [5.74, 6) is 6.06. The zero-order valence-corrected chi connectivity index (χ0v) is 27.0. The van der Waals surface area contributed by atoms with Crippen molar-refractivity contribution in [1.82, 2.24) is 20.0 Å². The molecule has 0 saturated carbocycles. The summed E-state index contributed by atoms with van der Waals surface area (Å²) in [6, 6.07) is 13.0. The molecule has 0 radical (unpaired) electrons. The Morgan fingerprint density at radius 1 is 1.19 bits per heavy atom. The lowest BCUT2D eigenvalue weighted by Crippen LogP contribution is -2.41. The number of ether oxygens (including phenoxy) is 3. The van der Waals surface area contributed by atoms with Crippen molar-refractivity contribution in [2.45, 2.75) is 58.5 Å². The summed E-state index contributed by atoms with van der Waals surface area (Å²) in [5.41, 5.74) is 3.31. The molecule has 0 spiro atoms. The summed E-state index contributed by atoms with van der Waals surface area (Å²) in [7, 11) is 3.68. The molecule has 1 amide bonds. The summed E-state index contributed by atoms with van der Waals surface area (Å²) in [6.45, 7) is 8.62. The SMILES string of the molecule is COCCN(C)CC#Cc1ccc(-n2nc(C(=O)NC(C)(C)C)c(COC3CCCCO3)c2-c2ccc(Cl)cc2)c(Cl)c1. The Kier molecular flexibility index (Phi) is 11.7. The Balaban J connectivity index is 1.77. The molecule has 43 heavy (non-hydrogen) atoms. The standard InChI is InChI=1S/C33H40Cl2N4O4/c1-33(2,3)36-32(40)30-26(22-43-29-10-6-7-19-42-29)31(24-12-14-25(34)15-13-24)39(37-30)28-16-11-23(21-27(28)35)9-8-17-38(4)18-20-41-5/h11-16,21,29H,6-7,10,17-20,22H2,1-5H3,(H,36,40). The molecule has 1 saturated heterocycles. The highest BCUT2D eigenvalue weighted by Gasteiger charge is 2.29. The molecule has 8 nitrogen and oxygen atoms in total. The van der Waals surface area contributed by atoms with Crippen LogP contribution in [0.3, 0.4) is 0 Å². The van der Waals surface area contributed by atoms with Crippen molar-refractivity contribution in [2.24, 2.45) is 0 Å². The van der Waals surface area contributed by atoms with Gasteiger partial charge in [0.15, 0.2) is 12.0 Å². The highest BCUT2D eigenvalue weighted by Crippen LogP contribution is 2.34. The van der Waals surface area contributed by atoms with Crippen molar-refractivity contribution in [3.8, 4) is 28.8 Å². The number of amides is 1.